The van der Waals surface area contributed by atoms with Gasteiger partial charge in [-0.25, -0.2) is 0 Å². The van der Waals surface area contributed by atoms with Crippen molar-refractivity contribution in [2.75, 3.05) is 6.54 Å². The van der Waals surface area contributed by atoms with Crippen LogP contribution in [-0.4, -0.2) is 11.5 Å². The molecule has 0 saturated heterocycles. The van der Waals surface area contributed by atoms with Crippen molar-refractivity contribution in [1.82, 2.24) is 4.98 Å². The summed E-state index contributed by atoms with van der Waals surface area (Å²) in [5.74, 6) is 0.808. The first-order valence-electron chi connectivity index (χ1n) is 6.44. The second kappa shape index (κ2) is 5.49. The number of pyridine rings is 1. The molecule has 2 atom stereocenters. The van der Waals surface area contributed by atoms with Gasteiger partial charge in [0, 0.05) is 16.4 Å². The molecule has 2 rings (SSSR count). The number of hydrogen-bond donors (Lipinski definition) is 1. The van der Waals surface area contributed by atoms with E-state index in [1.54, 1.807) is 0 Å². The lowest BCUT2D eigenvalue weighted by atomic mass is 9.67. The number of nitrogens with two attached hydrogens (primary N) is 1. The Labute approximate surface area is 112 Å². The fraction of sp³-hybridized carbons (Fsp3) is 0.643. The van der Waals surface area contributed by atoms with E-state index >= 15 is 0 Å². The molecule has 0 amide bonds. The summed E-state index contributed by atoms with van der Waals surface area (Å²) in [6, 6.07) is 4.18. The van der Waals surface area contributed by atoms with Gasteiger partial charge >= 0.3 is 0 Å². The first kappa shape index (κ1) is 13.0. The molecule has 3 heteroatoms. The van der Waals surface area contributed by atoms with Crippen LogP contribution >= 0.6 is 15.9 Å². The topological polar surface area (TPSA) is 38.9 Å². The largest absolute Gasteiger partial charge is 0.330 e. The van der Waals surface area contributed by atoms with Crippen LogP contribution in [0.25, 0.3) is 0 Å². The highest BCUT2D eigenvalue weighted by molar-refractivity contribution is 9.10. The molecular formula is C14H21BrN2. The van der Waals surface area contributed by atoms with E-state index in [1.165, 1.54) is 31.4 Å². The minimum atomic E-state index is 0.290. The fourth-order valence-corrected chi connectivity index (χ4v) is 3.32. The Balaban J connectivity index is 2.10. The van der Waals surface area contributed by atoms with Gasteiger partial charge in [0.05, 0.1) is 0 Å². The summed E-state index contributed by atoms with van der Waals surface area (Å²) >= 11 is 3.42. The highest BCUT2D eigenvalue weighted by Gasteiger charge is 2.34. The minimum Gasteiger partial charge on any atom is -0.330 e. The molecule has 0 radical (unpaired) electrons. The molecule has 1 fully saturated rings. The van der Waals surface area contributed by atoms with E-state index in [4.69, 9.17) is 5.73 Å². The van der Waals surface area contributed by atoms with Crippen molar-refractivity contribution >= 4 is 15.9 Å². The molecule has 1 aliphatic rings. The van der Waals surface area contributed by atoms with Crippen molar-refractivity contribution in [2.24, 2.45) is 17.1 Å². The number of nitrogens with zero attached hydrogens (tertiary/aromatic N) is 1. The monoisotopic (exact) mass is 296 g/mol. The van der Waals surface area contributed by atoms with Crippen LogP contribution < -0.4 is 5.73 Å². The van der Waals surface area contributed by atoms with Crippen molar-refractivity contribution in [2.45, 2.75) is 39.0 Å². The Bertz CT molecular complexity index is 363. The molecule has 0 bridgehead atoms. The Morgan fingerprint density at radius 1 is 1.53 bits per heavy atom. The van der Waals surface area contributed by atoms with Gasteiger partial charge in [-0.15, -0.1) is 0 Å². The molecular weight excluding hydrogens is 276 g/mol. The van der Waals surface area contributed by atoms with Crippen LogP contribution in [0, 0.1) is 11.3 Å². The van der Waals surface area contributed by atoms with Crippen molar-refractivity contribution < 1.29 is 0 Å². The number of rotatable bonds is 3. The second-order valence-electron chi connectivity index (χ2n) is 5.55. The van der Waals surface area contributed by atoms with Gasteiger partial charge in [0.2, 0.25) is 0 Å². The summed E-state index contributed by atoms with van der Waals surface area (Å²) in [5, 5.41) is 0. The lowest BCUT2D eigenvalue weighted by Gasteiger charge is -2.39. The van der Waals surface area contributed by atoms with E-state index in [0.717, 1.165) is 23.4 Å². The number of halogens is 1. The average Bonchev–Trinajstić information content (AvgIpc) is 2.32. The van der Waals surface area contributed by atoms with Gasteiger partial charge in [-0.2, -0.15) is 0 Å². The second-order valence-corrected chi connectivity index (χ2v) is 6.47. The van der Waals surface area contributed by atoms with Gasteiger partial charge in [-0.3, -0.25) is 4.98 Å². The summed E-state index contributed by atoms with van der Waals surface area (Å²) in [5.41, 5.74) is 7.51. The Morgan fingerprint density at radius 3 is 2.94 bits per heavy atom. The third kappa shape index (κ3) is 3.29. The highest BCUT2D eigenvalue weighted by atomic mass is 79.9. The molecule has 17 heavy (non-hydrogen) atoms. The highest BCUT2D eigenvalue weighted by Crippen LogP contribution is 2.40. The minimum absolute atomic E-state index is 0.290. The molecule has 2 unspecified atom stereocenters. The summed E-state index contributed by atoms with van der Waals surface area (Å²) in [4.78, 5) is 4.49. The third-order valence-electron chi connectivity index (χ3n) is 3.96. The van der Waals surface area contributed by atoms with Crippen LogP contribution in [0.3, 0.4) is 0 Å². The van der Waals surface area contributed by atoms with E-state index in [2.05, 4.69) is 40.0 Å². The Kier molecular flexibility index (Phi) is 4.21. The standard InChI is InChI=1S/C14H21BrN2/c1-11-3-2-6-14(7-11,10-16)8-13-5-4-12(15)9-17-13/h4-5,9,11H,2-3,6-8,10,16H2,1H3. The number of hydrogen-bond acceptors (Lipinski definition) is 2. The van der Waals surface area contributed by atoms with Gasteiger partial charge in [0.25, 0.3) is 0 Å². The smallest absolute Gasteiger partial charge is 0.0413 e. The van der Waals surface area contributed by atoms with Crippen LogP contribution in [0.1, 0.15) is 38.3 Å². The predicted molar refractivity (Wildman–Crippen MR) is 74.8 cm³/mol. The maximum atomic E-state index is 6.04. The lowest BCUT2D eigenvalue weighted by molar-refractivity contribution is 0.152. The van der Waals surface area contributed by atoms with E-state index in [0.29, 0.717) is 5.41 Å². The molecule has 0 spiro atoms. The summed E-state index contributed by atoms with van der Waals surface area (Å²) < 4.78 is 1.04. The molecule has 1 aromatic rings. The summed E-state index contributed by atoms with van der Waals surface area (Å²) in [6.45, 7) is 3.13. The van der Waals surface area contributed by atoms with Crippen molar-refractivity contribution in [3.05, 3.63) is 28.5 Å². The van der Waals surface area contributed by atoms with Crippen LogP contribution in [0.5, 0.6) is 0 Å². The molecule has 0 aliphatic heterocycles. The molecule has 1 aliphatic carbocycles. The summed E-state index contributed by atoms with van der Waals surface area (Å²) in [6.07, 6.45) is 8.09. The molecule has 1 saturated carbocycles. The maximum Gasteiger partial charge on any atom is 0.0413 e. The molecule has 1 aromatic heterocycles. The Morgan fingerprint density at radius 2 is 2.35 bits per heavy atom. The van der Waals surface area contributed by atoms with E-state index < -0.39 is 0 Å². The summed E-state index contributed by atoms with van der Waals surface area (Å²) in [7, 11) is 0. The van der Waals surface area contributed by atoms with Crippen molar-refractivity contribution in [3.63, 3.8) is 0 Å². The van der Waals surface area contributed by atoms with Gasteiger partial charge in [0.1, 0.15) is 0 Å². The maximum absolute atomic E-state index is 6.04. The fourth-order valence-electron chi connectivity index (χ4n) is 3.08. The molecule has 1 heterocycles. The first-order valence-corrected chi connectivity index (χ1v) is 7.23. The van der Waals surface area contributed by atoms with E-state index in [1.807, 2.05) is 6.20 Å². The molecule has 2 nitrogen and oxygen atoms in total. The molecule has 0 aromatic carbocycles. The quantitative estimate of drug-likeness (QED) is 0.926. The van der Waals surface area contributed by atoms with E-state index in [-0.39, 0.29) is 0 Å². The van der Waals surface area contributed by atoms with Gasteiger partial charge < -0.3 is 5.73 Å². The van der Waals surface area contributed by atoms with Crippen LogP contribution in [-0.2, 0) is 6.42 Å². The number of aromatic nitrogens is 1. The first-order chi connectivity index (χ1) is 8.13. The predicted octanol–water partition coefficient (Wildman–Crippen LogP) is 3.54. The molecule has 2 N–H and O–H groups in total. The van der Waals surface area contributed by atoms with Crippen LogP contribution in [0.2, 0.25) is 0 Å². The van der Waals surface area contributed by atoms with Gasteiger partial charge in [0.15, 0.2) is 0 Å². The van der Waals surface area contributed by atoms with Crippen LogP contribution in [0.4, 0.5) is 0 Å². The van der Waals surface area contributed by atoms with Gasteiger partial charge in [-0.1, -0.05) is 19.8 Å². The van der Waals surface area contributed by atoms with E-state index in [9.17, 15) is 0 Å². The lowest BCUT2D eigenvalue weighted by Crippen LogP contribution is -2.37. The zero-order valence-corrected chi connectivity index (χ0v) is 12.0. The van der Waals surface area contributed by atoms with Crippen molar-refractivity contribution in [3.8, 4) is 0 Å². The zero-order valence-electron chi connectivity index (χ0n) is 10.5. The zero-order chi connectivity index (χ0) is 12.3. The van der Waals surface area contributed by atoms with Crippen molar-refractivity contribution in [1.29, 1.82) is 0 Å². The SMILES string of the molecule is CC1CCCC(CN)(Cc2ccc(Br)cn2)C1. The average molecular weight is 297 g/mol. The van der Waals surface area contributed by atoms with Gasteiger partial charge in [-0.05, 0) is 65.2 Å². The van der Waals surface area contributed by atoms with Crippen LogP contribution in [0.15, 0.2) is 22.8 Å². The Hall–Kier alpha value is -0.410. The normalized spacial score (nSPS) is 29.2. The molecule has 94 valence electrons. The third-order valence-corrected chi connectivity index (χ3v) is 4.43.